The second kappa shape index (κ2) is 12.0. The zero-order valence-corrected chi connectivity index (χ0v) is 20.2. The first-order chi connectivity index (χ1) is 14.0. The van der Waals surface area contributed by atoms with Gasteiger partial charge in [0.2, 0.25) is 0 Å². The van der Waals surface area contributed by atoms with E-state index in [0.29, 0.717) is 24.6 Å². The number of hydrogen-bond donors (Lipinski definition) is 2. The predicted molar refractivity (Wildman–Crippen MR) is 130 cm³/mol. The van der Waals surface area contributed by atoms with E-state index in [1.165, 1.54) is 0 Å². The van der Waals surface area contributed by atoms with E-state index >= 15 is 0 Å². The molecule has 1 unspecified atom stereocenters. The standard InChI is InChI=1S/C22H30FN5O.HI/c1-4-24-22(26-12-18-6-5-16(2)20(23)11-18)27-14-19-7-8-21(25-13-19)28-9-10-29-17(3)15-28;/h5-8,11,13,17H,4,9-10,12,14-15H2,1-3H3,(H2,24,26,27);1H. The zero-order valence-electron chi connectivity index (χ0n) is 17.8. The summed E-state index contributed by atoms with van der Waals surface area (Å²) in [5.74, 6) is 1.48. The Balaban J connectivity index is 0.00000320. The highest BCUT2D eigenvalue weighted by atomic mass is 127. The molecule has 3 rings (SSSR count). The van der Waals surface area contributed by atoms with Crippen molar-refractivity contribution < 1.29 is 9.13 Å². The van der Waals surface area contributed by atoms with Crippen LogP contribution < -0.4 is 15.5 Å². The van der Waals surface area contributed by atoms with Crippen LogP contribution in [0.1, 0.15) is 30.5 Å². The molecule has 1 atom stereocenters. The van der Waals surface area contributed by atoms with Crippen molar-refractivity contribution in [1.82, 2.24) is 15.6 Å². The van der Waals surface area contributed by atoms with Gasteiger partial charge >= 0.3 is 0 Å². The van der Waals surface area contributed by atoms with E-state index in [9.17, 15) is 4.39 Å². The third kappa shape index (κ3) is 7.09. The fraction of sp³-hybridized carbons (Fsp3) is 0.455. The Morgan fingerprint density at radius 1 is 1.27 bits per heavy atom. The van der Waals surface area contributed by atoms with Gasteiger partial charge in [-0.25, -0.2) is 14.4 Å². The summed E-state index contributed by atoms with van der Waals surface area (Å²) in [6.45, 7) is 10.1. The number of guanidine groups is 1. The topological polar surface area (TPSA) is 61.8 Å². The monoisotopic (exact) mass is 527 g/mol. The Hall–Kier alpha value is -1.94. The SMILES string of the molecule is CCNC(=NCc1ccc(N2CCOC(C)C2)nc1)NCc1ccc(C)c(F)c1.I. The third-order valence-corrected chi connectivity index (χ3v) is 4.83. The van der Waals surface area contributed by atoms with Crippen molar-refractivity contribution in [3.63, 3.8) is 0 Å². The molecule has 2 heterocycles. The summed E-state index contributed by atoms with van der Waals surface area (Å²) in [4.78, 5) is 11.5. The number of rotatable bonds is 6. The number of halogens is 2. The summed E-state index contributed by atoms with van der Waals surface area (Å²) in [5.41, 5.74) is 2.56. The van der Waals surface area contributed by atoms with Crippen molar-refractivity contribution in [1.29, 1.82) is 0 Å². The predicted octanol–water partition coefficient (Wildman–Crippen LogP) is 3.63. The number of hydrogen-bond acceptors (Lipinski definition) is 4. The maximum Gasteiger partial charge on any atom is 0.191 e. The van der Waals surface area contributed by atoms with Crippen LogP contribution in [0.4, 0.5) is 10.2 Å². The molecule has 0 amide bonds. The average Bonchev–Trinajstić information content (AvgIpc) is 2.73. The second-order valence-corrected chi connectivity index (χ2v) is 7.28. The number of nitrogens with zero attached hydrogens (tertiary/aromatic N) is 3. The lowest BCUT2D eigenvalue weighted by Gasteiger charge is -2.32. The molecule has 1 fully saturated rings. The van der Waals surface area contributed by atoms with E-state index in [1.54, 1.807) is 19.1 Å². The average molecular weight is 527 g/mol. The van der Waals surface area contributed by atoms with Gasteiger partial charge in [-0.2, -0.15) is 0 Å². The number of aromatic nitrogens is 1. The Kier molecular flexibility index (Phi) is 9.77. The van der Waals surface area contributed by atoms with Gasteiger partial charge in [-0.05, 0) is 49.6 Å². The third-order valence-electron chi connectivity index (χ3n) is 4.83. The van der Waals surface area contributed by atoms with Crippen molar-refractivity contribution in [3.8, 4) is 0 Å². The van der Waals surface area contributed by atoms with Gasteiger partial charge in [0.25, 0.3) is 0 Å². The summed E-state index contributed by atoms with van der Waals surface area (Å²) in [5, 5.41) is 6.47. The van der Waals surface area contributed by atoms with Crippen molar-refractivity contribution in [2.24, 2.45) is 4.99 Å². The molecule has 1 aliphatic heterocycles. The number of aryl methyl sites for hydroxylation is 1. The minimum atomic E-state index is -0.188. The Bertz CT molecular complexity index is 831. The quantitative estimate of drug-likeness (QED) is 0.342. The first-order valence-corrected chi connectivity index (χ1v) is 10.1. The number of morpholine rings is 1. The normalized spacial score (nSPS) is 16.7. The van der Waals surface area contributed by atoms with Gasteiger partial charge in [0, 0.05) is 32.4 Å². The van der Waals surface area contributed by atoms with Gasteiger partial charge in [-0.3, -0.25) is 0 Å². The van der Waals surface area contributed by atoms with Crippen LogP contribution in [0.5, 0.6) is 0 Å². The largest absolute Gasteiger partial charge is 0.375 e. The molecule has 0 aliphatic carbocycles. The Labute approximate surface area is 195 Å². The molecule has 1 aromatic carbocycles. The van der Waals surface area contributed by atoms with Crippen LogP contribution in [-0.4, -0.2) is 43.3 Å². The minimum absolute atomic E-state index is 0. The number of pyridine rings is 1. The molecule has 2 N–H and O–H groups in total. The molecule has 1 aliphatic rings. The molecular weight excluding hydrogens is 496 g/mol. The summed E-state index contributed by atoms with van der Waals surface area (Å²) in [6, 6.07) is 9.37. The van der Waals surface area contributed by atoms with E-state index in [-0.39, 0.29) is 35.9 Å². The zero-order chi connectivity index (χ0) is 20.6. The highest BCUT2D eigenvalue weighted by Gasteiger charge is 2.17. The number of aliphatic imine (C=N–C) groups is 1. The van der Waals surface area contributed by atoms with Gasteiger partial charge < -0.3 is 20.3 Å². The van der Waals surface area contributed by atoms with Crippen molar-refractivity contribution in [2.75, 3.05) is 31.1 Å². The van der Waals surface area contributed by atoms with Crippen LogP contribution in [0.2, 0.25) is 0 Å². The maximum atomic E-state index is 13.7. The van der Waals surface area contributed by atoms with Crippen molar-refractivity contribution in [2.45, 2.75) is 40.0 Å². The first kappa shape index (κ1) is 24.3. The second-order valence-electron chi connectivity index (χ2n) is 7.28. The smallest absolute Gasteiger partial charge is 0.191 e. The van der Waals surface area contributed by atoms with Crippen LogP contribution in [0, 0.1) is 12.7 Å². The van der Waals surface area contributed by atoms with E-state index in [4.69, 9.17) is 4.74 Å². The molecule has 2 aromatic rings. The summed E-state index contributed by atoms with van der Waals surface area (Å²) >= 11 is 0. The van der Waals surface area contributed by atoms with E-state index in [2.05, 4.69) is 38.5 Å². The number of nitrogens with one attached hydrogen (secondary N) is 2. The van der Waals surface area contributed by atoms with Gasteiger partial charge in [0.05, 0.1) is 19.3 Å². The minimum Gasteiger partial charge on any atom is -0.375 e. The number of ether oxygens (including phenoxy) is 1. The lowest BCUT2D eigenvalue weighted by atomic mass is 10.1. The van der Waals surface area contributed by atoms with Crippen LogP contribution in [0.15, 0.2) is 41.5 Å². The molecule has 0 saturated carbocycles. The lowest BCUT2D eigenvalue weighted by molar-refractivity contribution is 0.0529. The van der Waals surface area contributed by atoms with Crippen LogP contribution in [-0.2, 0) is 17.8 Å². The number of benzene rings is 1. The van der Waals surface area contributed by atoms with Crippen molar-refractivity contribution >= 4 is 35.8 Å². The Morgan fingerprint density at radius 2 is 2.07 bits per heavy atom. The fourth-order valence-electron chi connectivity index (χ4n) is 3.17. The molecule has 0 bridgehead atoms. The van der Waals surface area contributed by atoms with E-state index in [1.807, 2.05) is 25.3 Å². The first-order valence-electron chi connectivity index (χ1n) is 10.1. The fourth-order valence-corrected chi connectivity index (χ4v) is 3.17. The van der Waals surface area contributed by atoms with Crippen molar-refractivity contribution in [3.05, 3.63) is 59.0 Å². The lowest BCUT2D eigenvalue weighted by Crippen LogP contribution is -2.41. The van der Waals surface area contributed by atoms with E-state index < -0.39 is 0 Å². The van der Waals surface area contributed by atoms with Gasteiger partial charge in [-0.15, -0.1) is 24.0 Å². The molecule has 0 radical (unpaired) electrons. The highest BCUT2D eigenvalue weighted by molar-refractivity contribution is 14.0. The molecule has 8 heteroatoms. The van der Waals surface area contributed by atoms with E-state index in [0.717, 1.165) is 43.2 Å². The highest BCUT2D eigenvalue weighted by Crippen LogP contribution is 2.15. The van der Waals surface area contributed by atoms with Gasteiger partial charge in [0.1, 0.15) is 11.6 Å². The van der Waals surface area contributed by atoms with Gasteiger partial charge in [0.15, 0.2) is 5.96 Å². The van der Waals surface area contributed by atoms with Crippen LogP contribution in [0.3, 0.4) is 0 Å². The number of anilines is 1. The van der Waals surface area contributed by atoms with Gasteiger partial charge in [-0.1, -0.05) is 18.2 Å². The molecule has 1 saturated heterocycles. The molecular formula is C22H31FIN5O. The molecule has 164 valence electrons. The molecule has 6 nitrogen and oxygen atoms in total. The maximum absolute atomic E-state index is 13.7. The Morgan fingerprint density at radius 3 is 2.73 bits per heavy atom. The molecule has 1 aromatic heterocycles. The summed E-state index contributed by atoms with van der Waals surface area (Å²) in [6.07, 6.45) is 2.10. The van der Waals surface area contributed by atoms with Crippen LogP contribution in [0.25, 0.3) is 0 Å². The summed E-state index contributed by atoms with van der Waals surface area (Å²) < 4.78 is 19.3. The summed E-state index contributed by atoms with van der Waals surface area (Å²) in [7, 11) is 0. The molecule has 30 heavy (non-hydrogen) atoms. The molecule has 0 spiro atoms. The van der Waals surface area contributed by atoms with Crippen LogP contribution >= 0.6 is 24.0 Å².